The van der Waals surface area contributed by atoms with Crippen LogP contribution >= 0.6 is 7.82 Å². The number of carbonyl (C=O) groups excluding carboxylic acids is 2. The van der Waals surface area contributed by atoms with Gasteiger partial charge in [-0.25, -0.2) is 4.57 Å². The monoisotopic (exact) mass is 951 g/mol. The molecular formula is C56H105NO8P+. The van der Waals surface area contributed by atoms with Crippen molar-refractivity contribution in [3.8, 4) is 0 Å². The summed E-state index contributed by atoms with van der Waals surface area (Å²) in [6, 6.07) is 0. The number of hydrogen-bond donors (Lipinski definition) is 1. The van der Waals surface area contributed by atoms with Crippen LogP contribution in [0.3, 0.4) is 0 Å². The molecule has 0 saturated carbocycles. The molecule has 0 aliphatic rings. The molecule has 0 fully saturated rings. The van der Waals surface area contributed by atoms with Crippen molar-refractivity contribution in [3.05, 3.63) is 48.6 Å². The number of allylic oxidation sites excluding steroid dienone is 8. The van der Waals surface area contributed by atoms with E-state index in [4.69, 9.17) is 18.5 Å². The normalized spacial score (nSPS) is 13.7. The van der Waals surface area contributed by atoms with Crippen LogP contribution in [0.25, 0.3) is 0 Å². The maximum atomic E-state index is 12.8. The Labute approximate surface area is 407 Å². The lowest BCUT2D eigenvalue weighted by Crippen LogP contribution is -2.37. The molecule has 0 aliphatic heterocycles. The Kier molecular flexibility index (Phi) is 46.5. The van der Waals surface area contributed by atoms with Gasteiger partial charge in [0.1, 0.15) is 19.8 Å². The number of hydrogen-bond acceptors (Lipinski definition) is 7. The summed E-state index contributed by atoms with van der Waals surface area (Å²) in [5, 5.41) is 0. The standard InChI is InChI=1S/C56H104NO8P/c1-6-8-10-12-14-16-18-20-22-24-25-26-27-28-29-30-31-33-35-37-39-41-43-45-47-49-56(59)65-54(53-64-66(60,61)63-51-50-57(3,4)5)52-62-55(58)48-46-44-42-40-38-36-34-32-23-21-19-17-15-13-11-9-7-2/h8,10,14,16,20,22,25-26,54H,6-7,9,11-13,15,17-19,21,23-24,27-53H2,1-5H3/p+1/b10-8-,16-14-,22-20-,26-25-. The molecule has 2 unspecified atom stereocenters. The number of esters is 2. The summed E-state index contributed by atoms with van der Waals surface area (Å²) >= 11 is 0. The number of ether oxygens (including phenoxy) is 2. The van der Waals surface area contributed by atoms with Gasteiger partial charge in [0.25, 0.3) is 0 Å². The van der Waals surface area contributed by atoms with Gasteiger partial charge >= 0.3 is 19.8 Å². The summed E-state index contributed by atoms with van der Waals surface area (Å²) in [6.07, 6.45) is 58.8. The zero-order valence-electron chi connectivity index (χ0n) is 43.7. The third-order valence-corrected chi connectivity index (χ3v) is 12.9. The number of phosphoric acid groups is 1. The number of phosphoric ester groups is 1. The lowest BCUT2D eigenvalue weighted by molar-refractivity contribution is -0.870. The van der Waals surface area contributed by atoms with E-state index >= 15 is 0 Å². The van der Waals surface area contributed by atoms with Crippen LogP contribution in [0, 0.1) is 0 Å². The molecule has 0 rings (SSSR count). The van der Waals surface area contributed by atoms with E-state index in [9.17, 15) is 19.0 Å². The lowest BCUT2D eigenvalue weighted by atomic mass is 10.0. The summed E-state index contributed by atoms with van der Waals surface area (Å²) in [7, 11) is 1.48. The summed E-state index contributed by atoms with van der Waals surface area (Å²) in [4.78, 5) is 35.6. The third-order valence-electron chi connectivity index (χ3n) is 11.9. The average molecular weight is 951 g/mol. The molecule has 2 atom stereocenters. The van der Waals surface area contributed by atoms with Crippen LogP contribution in [0.4, 0.5) is 0 Å². The van der Waals surface area contributed by atoms with Crippen LogP contribution in [-0.2, 0) is 32.7 Å². The molecular weight excluding hydrogens is 846 g/mol. The zero-order chi connectivity index (χ0) is 48.5. The van der Waals surface area contributed by atoms with E-state index in [2.05, 4.69) is 62.5 Å². The van der Waals surface area contributed by atoms with Crippen molar-refractivity contribution in [1.82, 2.24) is 0 Å². The first-order valence-electron chi connectivity index (χ1n) is 27.4. The Balaban J connectivity index is 4.18. The van der Waals surface area contributed by atoms with Crippen molar-refractivity contribution < 1.29 is 42.1 Å². The minimum absolute atomic E-state index is 0.0320. The van der Waals surface area contributed by atoms with Gasteiger partial charge in [-0.1, -0.05) is 229 Å². The van der Waals surface area contributed by atoms with Crippen molar-refractivity contribution in [1.29, 1.82) is 0 Å². The maximum absolute atomic E-state index is 12.8. The Morgan fingerprint density at radius 2 is 0.864 bits per heavy atom. The second-order valence-corrected chi connectivity index (χ2v) is 21.0. The molecule has 0 bridgehead atoms. The van der Waals surface area contributed by atoms with Gasteiger partial charge in [-0.15, -0.1) is 0 Å². The average Bonchev–Trinajstić information content (AvgIpc) is 3.27. The highest BCUT2D eigenvalue weighted by atomic mass is 31.2. The fraction of sp³-hybridized carbons (Fsp3) is 0.821. The molecule has 0 aromatic rings. The van der Waals surface area contributed by atoms with E-state index in [-0.39, 0.29) is 25.6 Å². The fourth-order valence-corrected chi connectivity index (χ4v) is 8.40. The van der Waals surface area contributed by atoms with Gasteiger partial charge < -0.3 is 18.9 Å². The number of unbranched alkanes of at least 4 members (excludes halogenated alkanes) is 28. The topological polar surface area (TPSA) is 108 Å². The summed E-state index contributed by atoms with van der Waals surface area (Å²) < 4.78 is 34.5. The van der Waals surface area contributed by atoms with E-state index in [1.807, 2.05) is 21.1 Å². The Hall–Kier alpha value is -2.03. The SMILES string of the molecule is CC/C=C\C/C=C\C/C=C\C/C=C\CCCCCCCCCCCCCCC(=O)OC(COC(=O)CCCCCCCCCCCCCCCCCCC)COP(=O)(O)OCC[N+](C)(C)C. The predicted molar refractivity (Wildman–Crippen MR) is 280 cm³/mol. The lowest BCUT2D eigenvalue weighted by Gasteiger charge is -2.24. The molecule has 0 aromatic heterocycles. The first-order valence-corrected chi connectivity index (χ1v) is 28.9. The van der Waals surface area contributed by atoms with Gasteiger partial charge in [0.2, 0.25) is 0 Å². The number of rotatable bonds is 50. The molecule has 0 aromatic carbocycles. The van der Waals surface area contributed by atoms with Gasteiger partial charge in [-0.3, -0.25) is 18.6 Å². The van der Waals surface area contributed by atoms with Crippen LogP contribution in [0.1, 0.15) is 245 Å². The molecule has 66 heavy (non-hydrogen) atoms. The molecule has 0 aliphatic carbocycles. The first kappa shape index (κ1) is 64.0. The van der Waals surface area contributed by atoms with Crippen molar-refractivity contribution in [2.45, 2.75) is 251 Å². The van der Waals surface area contributed by atoms with Gasteiger partial charge in [0.05, 0.1) is 27.7 Å². The van der Waals surface area contributed by atoms with E-state index in [0.29, 0.717) is 23.9 Å². The molecule has 0 amide bonds. The van der Waals surface area contributed by atoms with Gasteiger partial charge in [0.15, 0.2) is 6.10 Å². The van der Waals surface area contributed by atoms with Crippen LogP contribution in [0.2, 0.25) is 0 Å². The summed E-state index contributed by atoms with van der Waals surface area (Å²) in [5.74, 6) is -0.790. The van der Waals surface area contributed by atoms with Crippen LogP contribution in [0.15, 0.2) is 48.6 Å². The summed E-state index contributed by atoms with van der Waals surface area (Å²) in [5.41, 5.74) is 0. The van der Waals surface area contributed by atoms with E-state index < -0.39 is 26.5 Å². The fourth-order valence-electron chi connectivity index (χ4n) is 7.65. The maximum Gasteiger partial charge on any atom is 0.472 e. The molecule has 0 radical (unpaired) electrons. The molecule has 0 spiro atoms. The molecule has 10 heteroatoms. The van der Waals surface area contributed by atoms with Crippen LogP contribution in [-0.4, -0.2) is 74.9 Å². The molecule has 1 N–H and O–H groups in total. The number of carbonyl (C=O) groups is 2. The quantitative estimate of drug-likeness (QED) is 0.0211. The molecule has 9 nitrogen and oxygen atoms in total. The largest absolute Gasteiger partial charge is 0.472 e. The van der Waals surface area contributed by atoms with Gasteiger partial charge in [-0.05, 0) is 51.4 Å². The predicted octanol–water partition coefficient (Wildman–Crippen LogP) is 16.6. The summed E-state index contributed by atoms with van der Waals surface area (Å²) in [6.45, 7) is 4.35. The second-order valence-electron chi connectivity index (χ2n) is 19.6. The Bertz CT molecular complexity index is 1260. The van der Waals surface area contributed by atoms with Crippen molar-refractivity contribution in [3.63, 3.8) is 0 Å². The molecule has 0 saturated heterocycles. The minimum Gasteiger partial charge on any atom is -0.462 e. The van der Waals surface area contributed by atoms with Crippen molar-refractivity contribution in [2.24, 2.45) is 0 Å². The number of nitrogens with zero attached hydrogens (tertiary/aromatic N) is 1. The minimum atomic E-state index is -4.38. The highest BCUT2D eigenvalue weighted by Crippen LogP contribution is 2.43. The van der Waals surface area contributed by atoms with Gasteiger partial charge in [-0.2, -0.15) is 0 Å². The van der Waals surface area contributed by atoms with E-state index in [0.717, 1.165) is 64.2 Å². The van der Waals surface area contributed by atoms with Crippen molar-refractivity contribution in [2.75, 3.05) is 47.5 Å². The highest BCUT2D eigenvalue weighted by molar-refractivity contribution is 7.47. The third kappa shape index (κ3) is 51.4. The number of quaternary nitrogens is 1. The second kappa shape index (κ2) is 48.0. The first-order chi connectivity index (χ1) is 32.0. The Morgan fingerprint density at radius 3 is 1.29 bits per heavy atom. The number of likely N-dealkylation sites (N-methyl/N-ethyl adjacent to an activating group) is 1. The molecule has 0 heterocycles. The van der Waals surface area contributed by atoms with Crippen molar-refractivity contribution >= 4 is 19.8 Å². The molecule has 386 valence electrons. The van der Waals surface area contributed by atoms with Crippen LogP contribution in [0.5, 0.6) is 0 Å². The highest BCUT2D eigenvalue weighted by Gasteiger charge is 2.27. The van der Waals surface area contributed by atoms with Crippen LogP contribution < -0.4 is 0 Å². The van der Waals surface area contributed by atoms with Gasteiger partial charge in [0, 0.05) is 12.8 Å². The Morgan fingerprint density at radius 1 is 0.485 bits per heavy atom. The zero-order valence-corrected chi connectivity index (χ0v) is 44.6. The van der Waals surface area contributed by atoms with E-state index in [1.54, 1.807) is 0 Å². The smallest absolute Gasteiger partial charge is 0.462 e. The van der Waals surface area contributed by atoms with E-state index in [1.165, 1.54) is 148 Å².